The molecular weight excluding hydrogens is 372 g/mol. The van der Waals surface area contributed by atoms with Crippen LogP contribution in [0.1, 0.15) is 50.2 Å². The second-order valence-electron chi connectivity index (χ2n) is 8.61. The van der Waals surface area contributed by atoms with Gasteiger partial charge in [0.1, 0.15) is 11.4 Å². The van der Waals surface area contributed by atoms with Gasteiger partial charge in [-0.3, -0.25) is 9.59 Å². The number of ketones is 2. The van der Waals surface area contributed by atoms with Gasteiger partial charge >= 0.3 is 0 Å². The van der Waals surface area contributed by atoms with Crippen molar-refractivity contribution in [2.75, 3.05) is 13.1 Å². The third-order valence-electron chi connectivity index (χ3n) is 6.15. The van der Waals surface area contributed by atoms with E-state index in [-0.39, 0.29) is 23.5 Å². The molecule has 0 spiro atoms. The number of allylic oxidation sites excluding steroid dienone is 1. The summed E-state index contributed by atoms with van der Waals surface area (Å²) in [6, 6.07) is 20.5. The molecule has 0 bridgehead atoms. The van der Waals surface area contributed by atoms with E-state index >= 15 is 0 Å². The number of hydrogen-bond donors (Lipinski definition) is 0. The first-order chi connectivity index (χ1) is 14.5. The topological polar surface area (TPSA) is 40.6 Å². The summed E-state index contributed by atoms with van der Waals surface area (Å²) in [6.07, 6.45) is 1.83. The van der Waals surface area contributed by atoms with Crippen LogP contribution in [-0.2, 0) is 16.1 Å². The van der Waals surface area contributed by atoms with Crippen molar-refractivity contribution in [3.8, 4) is 0 Å². The fourth-order valence-corrected chi connectivity index (χ4v) is 4.68. The first-order valence-electron chi connectivity index (χ1n) is 11.0. The summed E-state index contributed by atoms with van der Waals surface area (Å²) >= 11 is 0. The van der Waals surface area contributed by atoms with Crippen LogP contribution in [0.3, 0.4) is 0 Å². The van der Waals surface area contributed by atoms with Crippen molar-refractivity contribution in [2.45, 2.75) is 51.6 Å². The molecule has 1 heterocycles. The van der Waals surface area contributed by atoms with Crippen molar-refractivity contribution in [3.63, 3.8) is 0 Å². The Kier molecular flexibility index (Phi) is 6.03. The summed E-state index contributed by atoms with van der Waals surface area (Å²) in [5, 5.41) is 0. The van der Waals surface area contributed by atoms with Gasteiger partial charge in [0.2, 0.25) is 0 Å². The minimum Gasteiger partial charge on any atom is -0.355 e. The van der Waals surface area contributed by atoms with Gasteiger partial charge in [-0.2, -0.15) is 0 Å². The standard InChI is InChI=1S/C26H30N2O2/c1-19(2)28-15-9-14-27(18-20-10-5-3-6-11-20)26(28)25-23(29)16-22(17-24(25)30)21-12-7-4-8-13-21/h3-8,10-13,19,22H,9,14-18H2,1-2H3. The minimum absolute atomic E-state index is 0.0132. The fourth-order valence-electron chi connectivity index (χ4n) is 4.68. The van der Waals surface area contributed by atoms with Crippen LogP contribution in [0, 0.1) is 0 Å². The number of nitrogens with zero attached hydrogens (tertiary/aromatic N) is 2. The number of rotatable bonds is 4. The van der Waals surface area contributed by atoms with Gasteiger partial charge in [-0.15, -0.1) is 0 Å². The third-order valence-corrected chi connectivity index (χ3v) is 6.15. The Hall–Kier alpha value is -2.88. The van der Waals surface area contributed by atoms with E-state index in [2.05, 4.69) is 35.8 Å². The molecule has 4 nitrogen and oxygen atoms in total. The second-order valence-corrected chi connectivity index (χ2v) is 8.61. The summed E-state index contributed by atoms with van der Waals surface area (Å²) in [7, 11) is 0. The van der Waals surface area contributed by atoms with Crippen LogP contribution in [0.5, 0.6) is 0 Å². The van der Waals surface area contributed by atoms with Gasteiger partial charge in [-0.25, -0.2) is 0 Å². The lowest BCUT2D eigenvalue weighted by Gasteiger charge is -2.44. The van der Waals surface area contributed by atoms with Crippen molar-refractivity contribution in [2.24, 2.45) is 0 Å². The van der Waals surface area contributed by atoms with Crippen LogP contribution in [-0.4, -0.2) is 40.5 Å². The maximum absolute atomic E-state index is 13.3. The summed E-state index contributed by atoms with van der Waals surface area (Å²) < 4.78 is 0. The zero-order chi connectivity index (χ0) is 21.1. The van der Waals surface area contributed by atoms with Crippen LogP contribution in [0.2, 0.25) is 0 Å². The Morgan fingerprint density at radius 1 is 0.867 bits per heavy atom. The minimum atomic E-state index is -0.0192. The number of carbonyl (C=O) groups excluding carboxylic acids is 2. The smallest absolute Gasteiger partial charge is 0.170 e. The van der Waals surface area contributed by atoms with Crippen LogP contribution in [0.15, 0.2) is 72.1 Å². The van der Waals surface area contributed by atoms with Crippen molar-refractivity contribution in [3.05, 3.63) is 83.2 Å². The van der Waals surface area contributed by atoms with Gasteiger partial charge < -0.3 is 9.80 Å². The predicted molar refractivity (Wildman–Crippen MR) is 119 cm³/mol. The molecule has 1 saturated carbocycles. The molecule has 0 amide bonds. The molecule has 1 aliphatic carbocycles. The van der Waals surface area contributed by atoms with Crippen LogP contribution < -0.4 is 0 Å². The predicted octanol–water partition coefficient (Wildman–Crippen LogP) is 4.53. The normalized spacial score (nSPS) is 20.3. The Morgan fingerprint density at radius 2 is 1.47 bits per heavy atom. The lowest BCUT2D eigenvalue weighted by Crippen LogP contribution is -2.48. The molecule has 4 heteroatoms. The zero-order valence-corrected chi connectivity index (χ0v) is 17.9. The van der Waals surface area contributed by atoms with E-state index in [9.17, 15) is 9.59 Å². The summed E-state index contributed by atoms with van der Waals surface area (Å²) in [4.78, 5) is 31.1. The highest BCUT2D eigenvalue weighted by molar-refractivity contribution is 6.22. The highest BCUT2D eigenvalue weighted by Gasteiger charge is 2.38. The first-order valence-corrected chi connectivity index (χ1v) is 11.0. The molecule has 1 saturated heterocycles. The summed E-state index contributed by atoms with van der Waals surface area (Å²) in [6.45, 7) is 6.73. The average Bonchev–Trinajstić information content (AvgIpc) is 2.75. The molecule has 2 aliphatic rings. The number of benzene rings is 2. The molecule has 2 aromatic rings. The molecule has 0 atom stereocenters. The van der Waals surface area contributed by atoms with E-state index in [1.54, 1.807) is 0 Å². The van der Waals surface area contributed by atoms with Gasteiger partial charge in [0.25, 0.3) is 0 Å². The molecule has 2 fully saturated rings. The molecule has 0 unspecified atom stereocenters. The van der Waals surface area contributed by atoms with Crippen LogP contribution >= 0.6 is 0 Å². The SMILES string of the molecule is CC(C)N1CCCN(Cc2ccccc2)C1=C1C(=O)CC(c2ccccc2)CC1=O. The van der Waals surface area contributed by atoms with E-state index in [0.29, 0.717) is 25.0 Å². The average molecular weight is 403 g/mol. The Balaban J connectivity index is 1.69. The number of hydrogen-bond acceptors (Lipinski definition) is 4. The van der Waals surface area contributed by atoms with Crippen molar-refractivity contribution < 1.29 is 9.59 Å². The van der Waals surface area contributed by atoms with E-state index < -0.39 is 0 Å². The molecule has 2 aromatic carbocycles. The Morgan fingerprint density at radius 3 is 2.07 bits per heavy atom. The quantitative estimate of drug-likeness (QED) is 0.557. The van der Waals surface area contributed by atoms with Gasteiger partial charge in [0, 0.05) is 38.5 Å². The van der Waals surface area contributed by atoms with E-state index in [0.717, 1.165) is 30.9 Å². The van der Waals surface area contributed by atoms with Gasteiger partial charge in [-0.05, 0) is 37.3 Å². The molecule has 156 valence electrons. The maximum Gasteiger partial charge on any atom is 0.170 e. The number of Topliss-reactive ketones (excluding diaryl/α,β-unsaturated/α-hetero) is 2. The van der Waals surface area contributed by atoms with E-state index in [1.807, 2.05) is 48.5 Å². The molecular formula is C26H30N2O2. The van der Waals surface area contributed by atoms with Crippen molar-refractivity contribution >= 4 is 11.6 Å². The highest BCUT2D eigenvalue weighted by Crippen LogP contribution is 2.36. The Labute approximate surface area is 179 Å². The van der Waals surface area contributed by atoms with Crippen molar-refractivity contribution in [1.82, 2.24) is 9.80 Å². The summed E-state index contributed by atoms with van der Waals surface area (Å²) in [5.74, 6) is 0.803. The first kappa shape index (κ1) is 20.4. The monoisotopic (exact) mass is 402 g/mol. The van der Waals surface area contributed by atoms with Gasteiger partial charge in [0.05, 0.1) is 0 Å². The maximum atomic E-state index is 13.3. The lowest BCUT2D eigenvalue weighted by molar-refractivity contribution is -0.125. The molecule has 0 radical (unpaired) electrons. The second kappa shape index (κ2) is 8.86. The fraction of sp³-hybridized carbons (Fsp3) is 0.385. The van der Waals surface area contributed by atoms with Crippen LogP contribution in [0.4, 0.5) is 0 Å². The summed E-state index contributed by atoms with van der Waals surface area (Å²) in [5.41, 5.74) is 2.69. The highest BCUT2D eigenvalue weighted by atomic mass is 16.2. The van der Waals surface area contributed by atoms with Gasteiger partial charge in [0.15, 0.2) is 11.6 Å². The van der Waals surface area contributed by atoms with E-state index in [1.165, 1.54) is 5.56 Å². The zero-order valence-electron chi connectivity index (χ0n) is 17.9. The third kappa shape index (κ3) is 4.18. The largest absolute Gasteiger partial charge is 0.355 e. The molecule has 30 heavy (non-hydrogen) atoms. The molecule has 0 N–H and O–H groups in total. The van der Waals surface area contributed by atoms with E-state index in [4.69, 9.17) is 0 Å². The molecule has 4 rings (SSSR count). The Bertz CT molecular complexity index is 914. The lowest BCUT2D eigenvalue weighted by atomic mass is 9.79. The number of carbonyl (C=O) groups is 2. The molecule has 0 aromatic heterocycles. The van der Waals surface area contributed by atoms with Gasteiger partial charge in [-0.1, -0.05) is 60.7 Å². The molecule has 1 aliphatic heterocycles. The van der Waals surface area contributed by atoms with Crippen LogP contribution in [0.25, 0.3) is 0 Å². The van der Waals surface area contributed by atoms with Crippen molar-refractivity contribution in [1.29, 1.82) is 0 Å².